The van der Waals surface area contributed by atoms with E-state index in [1.54, 1.807) is 24.3 Å². The largest absolute Gasteiger partial charge is 0.489 e. The second-order valence-electron chi connectivity index (χ2n) is 6.30. The summed E-state index contributed by atoms with van der Waals surface area (Å²) in [6.07, 6.45) is 0.0323. The van der Waals surface area contributed by atoms with Crippen LogP contribution >= 0.6 is 11.6 Å². The average Bonchev–Trinajstić information content (AvgIpc) is 2.60. The Balaban J connectivity index is 1.86. The molecule has 0 aliphatic carbocycles. The topological polar surface area (TPSA) is 64.6 Å². The zero-order valence-electron chi connectivity index (χ0n) is 15.8. The van der Waals surface area contributed by atoms with Gasteiger partial charge in [-0.1, -0.05) is 41.9 Å². The van der Waals surface area contributed by atoms with E-state index in [-0.39, 0.29) is 25.5 Å². The van der Waals surface area contributed by atoms with Crippen LogP contribution in [0, 0.1) is 13.8 Å². The van der Waals surface area contributed by atoms with E-state index in [1.807, 2.05) is 32.0 Å². The molecule has 0 heterocycles. The Morgan fingerprint density at radius 3 is 2.26 bits per heavy atom. The SMILES string of the molecule is CC(=O)NC(CC(=O)OCCOc1c(C)cccc1C)c1ccc(Cl)cc1. The summed E-state index contributed by atoms with van der Waals surface area (Å²) < 4.78 is 11.0. The van der Waals surface area contributed by atoms with Crippen molar-refractivity contribution in [2.24, 2.45) is 0 Å². The van der Waals surface area contributed by atoms with Crippen LogP contribution in [0.5, 0.6) is 5.75 Å². The van der Waals surface area contributed by atoms with Crippen molar-refractivity contribution in [3.05, 3.63) is 64.2 Å². The highest BCUT2D eigenvalue weighted by Gasteiger charge is 2.18. The summed E-state index contributed by atoms with van der Waals surface area (Å²) in [5, 5.41) is 3.35. The summed E-state index contributed by atoms with van der Waals surface area (Å²) in [6, 6.07) is 12.4. The third-order valence-electron chi connectivity index (χ3n) is 4.02. The highest BCUT2D eigenvalue weighted by molar-refractivity contribution is 6.30. The lowest BCUT2D eigenvalue weighted by molar-refractivity contribution is -0.145. The van der Waals surface area contributed by atoms with Gasteiger partial charge in [-0.2, -0.15) is 0 Å². The van der Waals surface area contributed by atoms with Crippen LogP contribution in [0.3, 0.4) is 0 Å². The number of carbonyl (C=O) groups is 2. The maximum atomic E-state index is 12.2. The third kappa shape index (κ3) is 6.61. The lowest BCUT2D eigenvalue weighted by Gasteiger charge is -2.18. The first-order valence-electron chi connectivity index (χ1n) is 8.74. The molecule has 0 aliphatic rings. The van der Waals surface area contributed by atoms with E-state index >= 15 is 0 Å². The number of rotatable bonds is 8. The number of hydrogen-bond donors (Lipinski definition) is 1. The number of amides is 1. The molecule has 0 saturated carbocycles. The lowest BCUT2D eigenvalue weighted by Crippen LogP contribution is -2.29. The molecule has 0 fully saturated rings. The molecule has 6 heteroatoms. The number of carbonyl (C=O) groups excluding carboxylic acids is 2. The van der Waals surface area contributed by atoms with E-state index in [1.165, 1.54) is 6.92 Å². The van der Waals surface area contributed by atoms with Gasteiger partial charge in [0.1, 0.15) is 19.0 Å². The first kappa shape index (κ1) is 20.8. The maximum Gasteiger partial charge on any atom is 0.308 e. The predicted octanol–water partition coefficient (Wildman–Crippen LogP) is 4.15. The van der Waals surface area contributed by atoms with Crippen molar-refractivity contribution in [3.8, 4) is 5.75 Å². The monoisotopic (exact) mass is 389 g/mol. The standard InChI is InChI=1S/C21H24ClNO4/c1-14-5-4-6-15(2)21(14)27-12-11-26-20(25)13-19(23-16(3)24)17-7-9-18(22)10-8-17/h4-10,19H,11-13H2,1-3H3,(H,23,24). The summed E-state index contributed by atoms with van der Waals surface area (Å²) in [5.74, 6) is 0.181. The fraction of sp³-hybridized carbons (Fsp3) is 0.333. The predicted molar refractivity (Wildman–Crippen MR) is 105 cm³/mol. The summed E-state index contributed by atoms with van der Waals surface area (Å²) in [7, 11) is 0. The molecule has 1 amide bonds. The van der Waals surface area contributed by atoms with Crippen LogP contribution in [0.4, 0.5) is 0 Å². The van der Waals surface area contributed by atoms with Crippen molar-refractivity contribution < 1.29 is 19.1 Å². The molecule has 0 aromatic heterocycles. The van der Waals surface area contributed by atoms with Gasteiger partial charge in [-0.3, -0.25) is 9.59 Å². The first-order chi connectivity index (χ1) is 12.9. The second kappa shape index (κ2) is 9.97. The van der Waals surface area contributed by atoms with Crippen molar-refractivity contribution in [1.29, 1.82) is 0 Å². The number of para-hydroxylation sites is 1. The third-order valence-corrected chi connectivity index (χ3v) is 4.27. The molecule has 0 saturated heterocycles. The van der Waals surface area contributed by atoms with Gasteiger partial charge in [-0.15, -0.1) is 0 Å². The van der Waals surface area contributed by atoms with E-state index in [2.05, 4.69) is 5.32 Å². The molecule has 1 N–H and O–H groups in total. The molecule has 0 bridgehead atoms. The number of aryl methyl sites for hydroxylation is 2. The fourth-order valence-electron chi connectivity index (χ4n) is 2.74. The number of nitrogens with one attached hydrogen (secondary N) is 1. The van der Waals surface area contributed by atoms with Crippen molar-refractivity contribution >= 4 is 23.5 Å². The second-order valence-corrected chi connectivity index (χ2v) is 6.74. The Morgan fingerprint density at radius 2 is 1.67 bits per heavy atom. The Bertz CT molecular complexity index is 769. The molecule has 0 aliphatic heterocycles. The Labute approximate surface area is 164 Å². The van der Waals surface area contributed by atoms with Crippen LogP contribution in [0.25, 0.3) is 0 Å². The van der Waals surface area contributed by atoms with Gasteiger partial charge in [0.25, 0.3) is 0 Å². The smallest absolute Gasteiger partial charge is 0.308 e. The molecular formula is C21H24ClNO4. The molecule has 2 aromatic carbocycles. The van der Waals surface area contributed by atoms with Gasteiger partial charge in [-0.05, 0) is 42.7 Å². The van der Waals surface area contributed by atoms with Crippen LogP contribution in [0.15, 0.2) is 42.5 Å². The quantitative estimate of drug-likeness (QED) is 0.544. The molecule has 2 aromatic rings. The van der Waals surface area contributed by atoms with Gasteiger partial charge in [0, 0.05) is 11.9 Å². The number of esters is 1. The zero-order valence-corrected chi connectivity index (χ0v) is 16.5. The number of hydrogen-bond acceptors (Lipinski definition) is 4. The first-order valence-corrected chi connectivity index (χ1v) is 9.12. The van der Waals surface area contributed by atoms with E-state index < -0.39 is 12.0 Å². The summed E-state index contributed by atoms with van der Waals surface area (Å²) >= 11 is 5.89. The Morgan fingerprint density at radius 1 is 1.04 bits per heavy atom. The molecule has 2 rings (SSSR count). The lowest BCUT2D eigenvalue weighted by atomic mass is 10.0. The van der Waals surface area contributed by atoms with Crippen LogP contribution in [-0.4, -0.2) is 25.1 Å². The molecule has 144 valence electrons. The van der Waals surface area contributed by atoms with Gasteiger partial charge < -0.3 is 14.8 Å². The fourth-order valence-corrected chi connectivity index (χ4v) is 2.87. The van der Waals surface area contributed by atoms with E-state index in [9.17, 15) is 9.59 Å². The molecule has 27 heavy (non-hydrogen) atoms. The van der Waals surface area contributed by atoms with Crippen molar-refractivity contribution in [3.63, 3.8) is 0 Å². The minimum absolute atomic E-state index is 0.0323. The summed E-state index contributed by atoms with van der Waals surface area (Å²) in [5.41, 5.74) is 2.86. The number of benzene rings is 2. The Hall–Kier alpha value is -2.53. The average molecular weight is 390 g/mol. The molecule has 0 radical (unpaired) electrons. The van der Waals surface area contributed by atoms with Gasteiger partial charge in [0.2, 0.25) is 5.91 Å². The van der Waals surface area contributed by atoms with Crippen LogP contribution in [0.2, 0.25) is 5.02 Å². The minimum Gasteiger partial charge on any atom is -0.489 e. The molecular weight excluding hydrogens is 366 g/mol. The van der Waals surface area contributed by atoms with Crippen LogP contribution in [0.1, 0.15) is 36.1 Å². The summed E-state index contributed by atoms with van der Waals surface area (Å²) in [6.45, 7) is 5.76. The molecule has 0 spiro atoms. The minimum atomic E-state index is -0.466. The van der Waals surface area contributed by atoms with Gasteiger partial charge in [0.05, 0.1) is 12.5 Å². The molecule has 5 nitrogen and oxygen atoms in total. The normalized spacial score (nSPS) is 11.6. The molecule has 1 atom stereocenters. The van der Waals surface area contributed by atoms with E-state index in [0.717, 1.165) is 22.4 Å². The summed E-state index contributed by atoms with van der Waals surface area (Å²) in [4.78, 5) is 23.6. The van der Waals surface area contributed by atoms with Gasteiger partial charge in [0.15, 0.2) is 0 Å². The number of ether oxygens (including phenoxy) is 2. The highest BCUT2D eigenvalue weighted by atomic mass is 35.5. The van der Waals surface area contributed by atoms with E-state index in [4.69, 9.17) is 21.1 Å². The van der Waals surface area contributed by atoms with Crippen molar-refractivity contribution in [2.75, 3.05) is 13.2 Å². The van der Waals surface area contributed by atoms with Gasteiger partial charge in [-0.25, -0.2) is 0 Å². The highest BCUT2D eigenvalue weighted by Crippen LogP contribution is 2.22. The van der Waals surface area contributed by atoms with E-state index in [0.29, 0.717) is 5.02 Å². The van der Waals surface area contributed by atoms with Crippen molar-refractivity contribution in [2.45, 2.75) is 33.2 Å². The van der Waals surface area contributed by atoms with Crippen LogP contribution in [-0.2, 0) is 14.3 Å². The van der Waals surface area contributed by atoms with Crippen molar-refractivity contribution in [1.82, 2.24) is 5.32 Å². The maximum absolute atomic E-state index is 12.2. The zero-order chi connectivity index (χ0) is 19.8. The molecule has 1 unspecified atom stereocenters. The Kier molecular flexibility index (Phi) is 7.67. The van der Waals surface area contributed by atoms with Gasteiger partial charge >= 0.3 is 5.97 Å². The van der Waals surface area contributed by atoms with Crippen LogP contribution < -0.4 is 10.1 Å². The number of halogens is 1.